The summed E-state index contributed by atoms with van der Waals surface area (Å²) in [5.41, 5.74) is 1.97. The fraction of sp³-hybridized carbons (Fsp3) is 0.400. The number of amides is 1. The molecule has 2 aromatic rings. The van der Waals surface area contributed by atoms with E-state index in [0.717, 1.165) is 37.3 Å². The minimum atomic E-state index is -0.441. The summed E-state index contributed by atoms with van der Waals surface area (Å²) >= 11 is 7.30. The lowest BCUT2D eigenvalue weighted by atomic mass is 10.0. The number of nitrogens with one attached hydrogen (secondary N) is 1. The van der Waals surface area contributed by atoms with E-state index in [2.05, 4.69) is 22.2 Å². The van der Waals surface area contributed by atoms with Crippen LogP contribution in [0.2, 0.25) is 5.02 Å². The van der Waals surface area contributed by atoms with Gasteiger partial charge >= 0.3 is 5.97 Å². The third-order valence-electron chi connectivity index (χ3n) is 4.64. The topological polar surface area (TPSA) is 61.9 Å². The molecule has 0 spiro atoms. The normalized spacial score (nSPS) is 15.4. The first kappa shape index (κ1) is 20.8. The summed E-state index contributed by atoms with van der Waals surface area (Å²) < 4.78 is 5.23. The van der Waals surface area contributed by atoms with E-state index in [1.165, 1.54) is 11.3 Å². The summed E-state index contributed by atoms with van der Waals surface area (Å²) in [6, 6.07) is 7.25. The second kappa shape index (κ2) is 9.52. The van der Waals surface area contributed by atoms with Crippen molar-refractivity contribution in [2.24, 2.45) is 0 Å². The lowest BCUT2D eigenvalue weighted by Gasteiger charge is -2.31. The number of piperazine rings is 1. The maximum Gasteiger partial charge on any atom is 0.341 e. The lowest BCUT2D eigenvalue weighted by molar-refractivity contribution is -0.117. The lowest BCUT2D eigenvalue weighted by Crippen LogP contribution is -2.47. The van der Waals surface area contributed by atoms with Gasteiger partial charge in [0.25, 0.3) is 0 Å². The summed E-state index contributed by atoms with van der Waals surface area (Å²) in [6.07, 6.45) is 0. The van der Waals surface area contributed by atoms with Gasteiger partial charge in [0.05, 0.1) is 13.2 Å². The van der Waals surface area contributed by atoms with Gasteiger partial charge < -0.3 is 15.0 Å². The van der Waals surface area contributed by atoms with Crippen molar-refractivity contribution in [3.8, 4) is 11.1 Å². The minimum Gasteiger partial charge on any atom is -0.462 e. The van der Waals surface area contributed by atoms with Crippen LogP contribution >= 0.6 is 22.9 Å². The number of rotatable bonds is 6. The first-order chi connectivity index (χ1) is 13.5. The number of ether oxygens (including phenoxy) is 1. The Labute approximate surface area is 174 Å². The Morgan fingerprint density at radius 2 is 1.86 bits per heavy atom. The SMILES string of the molecule is CCOC(=O)c1c(-c2ccc(Cl)cc2)csc1NC(=O)CN1CCN(C)CC1. The van der Waals surface area contributed by atoms with Crippen LogP contribution in [-0.4, -0.2) is 68.1 Å². The Bertz CT molecular complexity index is 830. The van der Waals surface area contributed by atoms with Crippen molar-refractivity contribution in [3.63, 3.8) is 0 Å². The second-order valence-electron chi connectivity index (χ2n) is 6.71. The van der Waals surface area contributed by atoms with Gasteiger partial charge in [0.1, 0.15) is 10.6 Å². The van der Waals surface area contributed by atoms with Gasteiger partial charge in [-0.05, 0) is 31.7 Å². The molecule has 0 aliphatic carbocycles. The van der Waals surface area contributed by atoms with Gasteiger partial charge in [-0.2, -0.15) is 0 Å². The second-order valence-corrected chi connectivity index (χ2v) is 8.02. The minimum absolute atomic E-state index is 0.125. The predicted octanol–water partition coefficient (Wildman–Crippen LogP) is 3.43. The molecule has 28 heavy (non-hydrogen) atoms. The molecule has 1 N–H and O–H groups in total. The molecule has 0 unspecified atom stereocenters. The molecular weight excluding hydrogens is 398 g/mol. The number of hydrogen-bond acceptors (Lipinski definition) is 6. The summed E-state index contributed by atoms with van der Waals surface area (Å²) in [7, 11) is 2.08. The molecule has 3 rings (SSSR count). The molecule has 1 saturated heterocycles. The summed E-state index contributed by atoms with van der Waals surface area (Å²) in [5.74, 6) is -0.566. The van der Waals surface area contributed by atoms with E-state index in [-0.39, 0.29) is 12.5 Å². The molecule has 0 radical (unpaired) electrons. The third-order valence-corrected chi connectivity index (χ3v) is 5.79. The number of anilines is 1. The van der Waals surface area contributed by atoms with E-state index in [4.69, 9.17) is 16.3 Å². The van der Waals surface area contributed by atoms with Crippen molar-refractivity contribution in [2.75, 3.05) is 51.7 Å². The van der Waals surface area contributed by atoms with Crippen molar-refractivity contribution >= 4 is 39.8 Å². The molecule has 0 atom stereocenters. The number of thiophene rings is 1. The quantitative estimate of drug-likeness (QED) is 0.724. The molecule has 1 amide bonds. The van der Waals surface area contributed by atoms with Crippen LogP contribution in [-0.2, 0) is 9.53 Å². The molecule has 1 aromatic carbocycles. The monoisotopic (exact) mass is 421 g/mol. The number of halogens is 1. The average Bonchev–Trinajstić information content (AvgIpc) is 3.08. The molecule has 8 heteroatoms. The van der Waals surface area contributed by atoms with E-state index in [1.54, 1.807) is 19.1 Å². The fourth-order valence-corrected chi connectivity index (χ4v) is 4.17. The van der Waals surface area contributed by atoms with Crippen molar-refractivity contribution in [1.29, 1.82) is 0 Å². The van der Waals surface area contributed by atoms with Crippen molar-refractivity contribution < 1.29 is 14.3 Å². The Morgan fingerprint density at radius 1 is 1.18 bits per heavy atom. The first-order valence-corrected chi connectivity index (χ1v) is 10.5. The third kappa shape index (κ3) is 5.11. The highest BCUT2D eigenvalue weighted by molar-refractivity contribution is 7.15. The average molecular weight is 422 g/mol. The van der Waals surface area contributed by atoms with Gasteiger partial charge in [-0.25, -0.2) is 4.79 Å². The number of benzene rings is 1. The number of nitrogens with zero attached hydrogens (tertiary/aromatic N) is 2. The van der Waals surface area contributed by atoms with Gasteiger partial charge in [0.15, 0.2) is 0 Å². The molecule has 2 heterocycles. The fourth-order valence-electron chi connectivity index (χ4n) is 3.07. The van der Waals surface area contributed by atoms with Crippen molar-refractivity contribution in [2.45, 2.75) is 6.92 Å². The van der Waals surface area contributed by atoms with Crippen LogP contribution < -0.4 is 5.32 Å². The maximum absolute atomic E-state index is 12.6. The molecule has 6 nitrogen and oxygen atoms in total. The van der Waals surface area contributed by atoms with Crippen LogP contribution in [0.1, 0.15) is 17.3 Å². The molecule has 1 fully saturated rings. The smallest absolute Gasteiger partial charge is 0.341 e. The van der Waals surface area contributed by atoms with Crippen LogP contribution in [0, 0.1) is 0 Å². The summed E-state index contributed by atoms with van der Waals surface area (Å²) in [6.45, 7) is 5.94. The van der Waals surface area contributed by atoms with E-state index < -0.39 is 5.97 Å². The Balaban J connectivity index is 1.79. The zero-order chi connectivity index (χ0) is 20.1. The zero-order valence-electron chi connectivity index (χ0n) is 16.0. The van der Waals surface area contributed by atoms with Gasteiger partial charge in [-0.15, -0.1) is 11.3 Å². The van der Waals surface area contributed by atoms with Crippen LogP contribution in [0.4, 0.5) is 5.00 Å². The zero-order valence-corrected chi connectivity index (χ0v) is 17.6. The Kier molecular flexibility index (Phi) is 7.07. The molecule has 1 aliphatic rings. The van der Waals surface area contributed by atoms with Gasteiger partial charge in [0, 0.05) is 42.1 Å². The van der Waals surface area contributed by atoms with E-state index >= 15 is 0 Å². The van der Waals surface area contributed by atoms with E-state index in [0.29, 0.717) is 22.1 Å². The van der Waals surface area contributed by atoms with Crippen LogP contribution in [0.3, 0.4) is 0 Å². The number of hydrogen-bond donors (Lipinski definition) is 1. The van der Waals surface area contributed by atoms with Crippen LogP contribution in [0.25, 0.3) is 11.1 Å². The Hall–Kier alpha value is -1.93. The first-order valence-electron chi connectivity index (χ1n) is 9.23. The number of esters is 1. The standard InChI is InChI=1S/C20H24ClN3O3S/c1-3-27-20(26)18-16(14-4-6-15(21)7-5-14)13-28-19(18)22-17(25)12-24-10-8-23(2)9-11-24/h4-7,13H,3,8-12H2,1-2H3,(H,22,25). The van der Waals surface area contributed by atoms with Crippen molar-refractivity contribution in [1.82, 2.24) is 9.80 Å². The van der Waals surface area contributed by atoms with Crippen LogP contribution in [0.5, 0.6) is 0 Å². The molecule has 1 aliphatic heterocycles. The molecular formula is C20H24ClN3O3S. The summed E-state index contributed by atoms with van der Waals surface area (Å²) in [5, 5.41) is 5.91. The highest BCUT2D eigenvalue weighted by atomic mass is 35.5. The van der Waals surface area contributed by atoms with E-state index in [1.807, 2.05) is 17.5 Å². The molecule has 1 aromatic heterocycles. The highest BCUT2D eigenvalue weighted by Crippen LogP contribution is 2.36. The Morgan fingerprint density at radius 3 is 2.50 bits per heavy atom. The molecule has 150 valence electrons. The van der Waals surface area contributed by atoms with E-state index in [9.17, 15) is 9.59 Å². The van der Waals surface area contributed by atoms with Crippen molar-refractivity contribution in [3.05, 3.63) is 40.2 Å². The number of carbonyl (C=O) groups excluding carboxylic acids is 2. The number of likely N-dealkylation sites (N-methyl/N-ethyl adjacent to an activating group) is 1. The highest BCUT2D eigenvalue weighted by Gasteiger charge is 2.24. The maximum atomic E-state index is 12.6. The van der Waals surface area contributed by atoms with Gasteiger partial charge in [0.2, 0.25) is 5.91 Å². The summed E-state index contributed by atoms with van der Waals surface area (Å²) in [4.78, 5) is 29.5. The largest absolute Gasteiger partial charge is 0.462 e. The molecule has 0 bridgehead atoms. The molecule has 0 saturated carbocycles. The van der Waals surface area contributed by atoms with Gasteiger partial charge in [-0.3, -0.25) is 9.69 Å². The van der Waals surface area contributed by atoms with Gasteiger partial charge in [-0.1, -0.05) is 23.7 Å². The van der Waals surface area contributed by atoms with Crippen LogP contribution in [0.15, 0.2) is 29.6 Å². The predicted molar refractivity (Wildman–Crippen MR) is 113 cm³/mol. The number of carbonyl (C=O) groups is 2.